The van der Waals surface area contributed by atoms with Gasteiger partial charge in [0.05, 0.1) is 22.1 Å². The zero-order chi connectivity index (χ0) is 16.8. The van der Waals surface area contributed by atoms with E-state index in [1.54, 1.807) is 0 Å². The summed E-state index contributed by atoms with van der Waals surface area (Å²) in [7, 11) is 0. The van der Waals surface area contributed by atoms with Gasteiger partial charge in [-0.2, -0.15) is 0 Å². The average Bonchev–Trinajstić information content (AvgIpc) is 3.31. The zero-order valence-electron chi connectivity index (χ0n) is 13.7. The summed E-state index contributed by atoms with van der Waals surface area (Å²) in [4.78, 5) is 4.77. The molecule has 120 valence electrons. The first-order valence-electron chi connectivity index (χ1n) is 8.74. The van der Waals surface area contributed by atoms with Crippen LogP contribution in [0, 0.1) is 0 Å². The molecular formula is C23H12N2S. The molecule has 0 radical (unpaired) electrons. The second kappa shape index (κ2) is 4.32. The maximum atomic E-state index is 4.77. The number of para-hydroxylation sites is 1. The molecule has 4 aromatic heterocycles. The van der Waals surface area contributed by atoms with Crippen LogP contribution < -0.4 is 0 Å². The van der Waals surface area contributed by atoms with Crippen LogP contribution in [0.3, 0.4) is 0 Å². The largest absolute Gasteiger partial charge is 0.306 e. The van der Waals surface area contributed by atoms with Crippen molar-refractivity contribution in [2.24, 2.45) is 0 Å². The lowest BCUT2D eigenvalue weighted by atomic mass is 9.98. The smallest absolute Gasteiger partial charge is 0.0949 e. The normalized spacial score (nSPS) is 12.6. The fraction of sp³-hybridized carbons (Fsp3) is 0. The van der Waals surface area contributed by atoms with Crippen LogP contribution in [0.1, 0.15) is 0 Å². The van der Waals surface area contributed by atoms with Crippen LogP contribution >= 0.6 is 11.3 Å². The van der Waals surface area contributed by atoms with E-state index in [1.807, 2.05) is 23.6 Å². The summed E-state index contributed by atoms with van der Waals surface area (Å²) in [6, 6.07) is 21.9. The monoisotopic (exact) mass is 348 g/mol. The highest BCUT2D eigenvalue weighted by Crippen LogP contribution is 2.46. The van der Waals surface area contributed by atoms with Crippen molar-refractivity contribution in [3.05, 3.63) is 72.2 Å². The van der Waals surface area contributed by atoms with E-state index in [2.05, 4.69) is 64.4 Å². The molecule has 3 heteroatoms. The zero-order valence-corrected chi connectivity index (χ0v) is 14.5. The number of fused-ring (bicyclic) bond motifs is 9. The predicted molar refractivity (Wildman–Crippen MR) is 112 cm³/mol. The second-order valence-corrected chi connectivity index (χ2v) is 7.75. The van der Waals surface area contributed by atoms with Crippen LogP contribution in [-0.2, 0) is 0 Å². The molecule has 0 unspecified atom stereocenters. The first-order chi connectivity index (χ1) is 12.9. The van der Waals surface area contributed by atoms with Gasteiger partial charge in [-0.15, -0.1) is 11.3 Å². The molecule has 0 N–H and O–H groups in total. The molecule has 2 nitrogen and oxygen atoms in total. The molecule has 0 saturated heterocycles. The highest BCUT2D eigenvalue weighted by atomic mass is 32.1. The van der Waals surface area contributed by atoms with Crippen LogP contribution in [0.5, 0.6) is 0 Å². The van der Waals surface area contributed by atoms with E-state index in [0.29, 0.717) is 0 Å². The summed E-state index contributed by atoms with van der Waals surface area (Å²) in [5, 5.41) is 10.2. The molecule has 3 aromatic carbocycles. The number of pyridine rings is 2. The van der Waals surface area contributed by atoms with Crippen LogP contribution in [0.15, 0.2) is 72.2 Å². The molecule has 0 bridgehead atoms. The second-order valence-electron chi connectivity index (χ2n) is 6.84. The van der Waals surface area contributed by atoms with E-state index in [1.165, 1.54) is 53.6 Å². The molecule has 0 atom stereocenters. The Bertz CT molecular complexity index is 1600. The van der Waals surface area contributed by atoms with E-state index in [9.17, 15) is 0 Å². The Balaban J connectivity index is 2.08. The number of hydrogen-bond donors (Lipinski definition) is 0. The molecule has 26 heavy (non-hydrogen) atoms. The average molecular weight is 348 g/mol. The summed E-state index contributed by atoms with van der Waals surface area (Å²) >= 11 is 1.84. The van der Waals surface area contributed by atoms with Gasteiger partial charge in [0, 0.05) is 37.8 Å². The van der Waals surface area contributed by atoms with Crippen molar-refractivity contribution in [3.63, 3.8) is 0 Å². The summed E-state index contributed by atoms with van der Waals surface area (Å²) in [6.45, 7) is 0. The summed E-state index contributed by atoms with van der Waals surface area (Å²) in [5.74, 6) is 0. The van der Waals surface area contributed by atoms with Crippen LogP contribution in [0.25, 0.3) is 59.1 Å². The number of benzene rings is 3. The minimum atomic E-state index is 1.07. The molecule has 7 rings (SSSR count). The SMILES string of the molecule is c1cc2c3ccsc3c3c4ccccc4n4c5cccnc5c(c1)c2c34. The standard InChI is InChI=1S/C23H12N2S/c1-2-8-17-15(5-1)20-22-19-13(14-10-12-26-23(14)20)6-3-7-16(19)21-18(25(17)22)9-4-11-24-21/h1-12H. The van der Waals surface area contributed by atoms with Crippen molar-refractivity contribution in [1.82, 2.24) is 9.38 Å². The molecular weight excluding hydrogens is 336 g/mol. The van der Waals surface area contributed by atoms with E-state index in [0.717, 1.165) is 5.52 Å². The van der Waals surface area contributed by atoms with E-state index in [4.69, 9.17) is 4.98 Å². The van der Waals surface area contributed by atoms with Crippen molar-refractivity contribution in [2.45, 2.75) is 0 Å². The van der Waals surface area contributed by atoms with Gasteiger partial charge in [-0.25, -0.2) is 0 Å². The minimum absolute atomic E-state index is 1.07. The molecule has 0 aliphatic rings. The highest BCUT2D eigenvalue weighted by Gasteiger charge is 2.21. The van der Waals surface area contributed by atoms with Gasteiger partial charge >= 0.3 is 0 Å². The summed E-state index contributed by atoms with van der Waals surface area (Å²) in [5.41, 5.74) is 4.83. The lowest BCUT2D eigenvalue weighted by Crippen LogP contribution is -1.93. The Hall–Kier alpha value is -3.17. The maximum Gasteiger partial charge on any atom is 0.0949 e. The number of rotatable bonds is 0. The molecule has 0 saturated carbocycles. The van der Waals surface area contributed by atoms with Gasteiger partial charge < -0.3 is 4.40 Å². The van der Waals surface area contributed by atoms with Crippen LogP contribution in [-0.4, -0.2) is 9.38 Å². The van der Waals surface area contributed by atoms with Crippen molar-refractivity contribution >= 4 is 70.4 Å². The minimum Gasteiger partial charge on any atom is -0.306 e. The Morgan fingerprint density at radius 3 is 2.54 bits per heavy atom. The van der Waals surface area contributed by atoms with Crippen molar-refractivity contribution in [3.8, 4) is 0 Å². The number of aromatic nitrogens is 2. The van der Waals surface area contributed by atoms with Gasteiger partial charge in [0.15, 0.2) is 0 Å². The predicted octanol–water partition coefficient (Wildman–Crippen LogP) is 6.60. The van der Waals surface area contributed by atoms with Gasteiger partial charge in [0.25, 0.3) is 0 Å². The molecule has 0 aliphatic carbocycles. The van der Waals surface area contributed by atoms with Crippen LogP contribution in [0.2, 0.25) is 0 Å². The van der Waals surface area contributed by atoms with Crippen molar-refractivity contribution in [2.75, 3.05) is 0 Å². The molecule has 4 heterocycles. The van der Waals surface area contributed by atoms with Crippen molar-refractivity contribution < 1.29 is 0 Å². The lowest BCUT2D eigenvalue weighted by molar-refractivity contribution is 1.31. The van der Waals surface area contributed by atoms with Gasteiger partial charge in [0.2, 0.25) is 0 Å². The van der Waals surface area contributed by atoms with Gasteiger partial charge in [-0.1, -0.05) is 36.4 Å². The van der Waals surface area contributed by atoms with E-state index in [-0.39, 0.29) is 0 Å². The lowest BCUT2D eigenvalue weighted by Gasteiger charge is -2.13. The van der Waals surface area contributed by atoms with Crippen molar-refractivity contribution in [1.29, 1.82) is 0 Å². The quantitative estimate of drug-likeness (QED) is 0.223. The Kier molecular flexibility index (Phi) is 2.17. The number of hydrogen-bond acceptors (Lipinski definition) is 2. The molecule has 0 amide bonds. The molecule has 7 aromatic rings. The third-order valence-electron chi connectivity index (χ3n) is 5.64. The number of nitrogens with zero attached hydrogens (tertiary/aromatic N) is 2. The highest BCUT2D eigenvalue weighted by molar-refractivity contribution is 7.18. The van der Waals surface area contributed by atoms with Gasteiger partial charge in [0.1, 0.15) is 0 Å². The number of thiophene rings is 1. The Morgan fingerprint density at radius 1 is 0.692 bits per heavy atom. The fourth-order valence-electron chi connectivity index (χ4n) is 4.69. The van der Waals surface area contributed by atoms with Gasteiger partial charge in [-0.05, 0) is 35.0 Å². The topological polar surface area (TPSA) is 17.3 Å². The van der Waals surface area contributed by atoms with E-state index >= 15 is 0 Å². The van der Waals surface area contributed by atoms with Gasteiger partial charge in [-0.3, -0.25) is 4.98 Å². The first kappa shape index (κ1) is 13.1. The Morgan fingerprint density at radius 2 is 1.54 bits per heavy atom. The summed E-state index contributed by atoms with van der Waals surface area (Å²) in [6.07, 6.45) is 1.90. The fourth-order valence-corrected chi connectivity index (χ4v) is 5.66. The first-order valence-corrected chi connectivity index (χ1v) is 9.62. The van der Waals surface area contributed by atoms with E-state index < -0.39 is 0 Å². The molecule has 0 spiro atoms. The third kappa shape index (κ3) is 1.32. The van der Waals surface area contributed by atoms with Crippen LogP contribution in [0.4, 0.5) is 0 Å². The maximum absolute atomic E-state index is 4.77. The summed E-state index contributed by atoms with van der Waals surface area (Å²) < 4.78 is 3.80. The Labute approximate surface area is 152 Å². The third-order valence-corrected chi connectivity index (χ3v) is 6.57. The molecule has 0 aliphatic heterocycles. The molecule has 0 fully saturated rings.